The summed E-state index contributed by atoms with van der Waals surface area (Å²) in [5.41, 5.74) is 1.58. The molecule has 5 heteroatoms. The molecule has 0 unspecified atom stereocenters. The lowest BCUT2D eigenvalue weighted by molar-refractivity contribution is 0.0886. The van der Waals surface area contributed by atoms with Gasteiger partial charge in [0.1, 0.15) is 10.7 Å². The fourth-order valence-corrected chi connectivity index (χ4v) is 3.94. The van der Waals surface area contributed by atoms with Crippen LogP contribution in [0.4, 0.5) is 0 Å². The molecule has 1 fully saturated rings. The van der Waals surface area contributed by atoms with Crippen LogP contribution in [0.25, 0.3) is 10.6 Å². The number of Topliss-reactive ketones (excluding diaryl/α,β-unsaturated/α-hetero) is 1. The van der Waals surface area contributed by atoms with Crippen LogP contribution in [0.1, 0.15) is 43.6 Å². The number of carbonyl (C=O) groups is 1. The van der Waals surface area contributed by atoms with E-state index in [2.05, 4.69) is 28.7 Å². The Morgan fingerprint density at radius 2 is 2.35 bits per heavy atom. The van der Waals surface area contributed by atoms with Crippen molar-refractivity contribution in [2.45, 2.75) is 39.2 Å². The Kier molecular flexibility index (Phi) is 5.18. The molecule has 3 heterocycles. The second kappa shape index (κ2) is 7.32. The van der Waals surface area contributed by atoms with E-state index in [-0.39, 0.29) is 5.78 Å². The molecule has 1 aliphatic heterocycles. The van der Waals surface area contributed by atoms with Crippen molar-refractivity contribution in [3.8, 4) is 10.6 Å². The van der Waals surface area contributed by atoms with Crippen molar-refractivity contribution in [3.63, 3.8) is 0 Å². The summed E-state index contributed by atoms with van der Waals surface area (Å²) in [6, 6.07) is 4.42. The Morgan fingerprint density at radius 3 is 3.09 bits per heavy atom. The lowest BCUT2D eigenvalue weighted by atomic mass is 9.91. The number of likely N-dealkylation sites (tertiary alicyclic amines) is 1. The van der Waals surface area contributed by atoms with Crippen molar-refractivity contribution >= 4 is 17.1 Å². The Labute approximate surface area is 141 Å². The van der Waals surface area contributed by atoms with Gasteiger partial charge in [0.2, 0.25) is 0 Å². The van der Waals surface area contributed by atoms with Crippen LogP contribution < -0.4 is 0 Å². The minimum Gasteiger partial charge on any atom is -0.301 e. The molecule has 23 heavy (non-hydrogen) atoms. The van der Waals surface area contributed by atoms with Crippen LogP contribution in [-0.2, 0) is 0 Å². The molecular formula is C18H23N3OS. The number of pyridine rings is 1. The molecule has 4 nitrogen and oxygen atoms in total. The van der Waals surface area contributed by atoms with Gasteiger partial charge in [-0.05, 0) is 51.3 Å². The molecule has 122 valence electrons. The van der Waals surface area contributed by atoms with E-state index < -0.39 is 0 Å². The van der Waals surface area contributed by atoms with Gasteiger partial charge in [-0.15, -0.1) is 11.3 Å². The van der Waals surface area contributed by atoms with Gasteiger partial charge in [-0.2, -0.15) is 0 Å². The normalized spacial score (nSPS) is 19.2. The largest absolute Gasteiger partial charge is 0.301 e. The Bertz CT molecular complexity index is 653. The fraction of sp³-hybridized carbons (Fsp3) is 0.500. The number of thiazole rings is 1. The third kappa shape index (κ3) is 4.03. The van der Waals surface area contributed by atoms with Crippen LogP contribution in [0.5, 0.6) is 0 Å². The first-order valence-electron chi connectivity index (χ1n) is 8.26. The van der Waals surface area contributed by atoms with Crippen molar-refractivity contribution in [3.05, 3.63) is 35.6 Å². The van der Waals surface area contributed by atoms with Gasteiger partial charge in [0.05, 0.1) is 0 Å². The highest BCUT2D eigenvalue weighted by Gasteiger charge is 2.24. The summed E-state index contributed by atoms with van der Waals surface area (Å²) in [4.78, 5) is 23.6. The summed E-state index contributed by atoms with van der Waals surface area (Å²) in [6.07, 6.45) is 6.48. The van der Waals surface area contributed by atoms with Crippen LogP contribution >= 0.6 is 11.3 Å². The van der Waals surface area contributed by atoms with E-state index in [0.717, 1.165) is 30.1 Å². The first kappa shape index (κ1) is 16.3. The molecule has 0 spiro atoms. The third-order valence-corrected chi connectivity index (χ3v) is 5.34. The predicted molar refractivity (Wildman–Crippen MR) is 93.7 cm³/mol. The van der Waals surface area contributed by atoms with Gasteiger partial charge in [-0.25, -0.2) is 4.98 Å². The second-order valence-corrected chi connectivity index (χ2v) is 7.36. The molecule has 0 saturated carbocycles. The van der Waals surface area contributed by atoms with Crippen LogP contribution in [0.15, 0.2) is 29.9 Å². The average Bonchev–Trinajstić information content (AvgIpc) is 3.06. The maximum Gasteiger partial charge on any atom is 0.182 e. The first-order valence-corrected chi connectivity index (χ1v) is 9.14. The van der Waals surface area contributed by atoms with Crippen LogP contribution in [0, 0.1) is 5.92 Å². The van der Waals surface area contributed by atoms with Crippen LogP contribution in [-0.4, -0.2) is 39.8 Å². The van der Waals surface area contributed by atoms with Crippen LogP contribution in [0.2, 0.25) is 0 Å². The van der Waals surface area contributed by atoms with E-state index in [1.165, 1.54) is 17.8 Å². The molecule has 1 saturated heterocycles. The van der Waals surface area contributed by atoms with Crippen molar-refractivity contribution < 1.29 is 4.79 Å². The SMILES string of the molecule is CC(C)N1CCC[C@@H](CC(=O)c2csc(-c3cccnc3)n2)C1. The van der Waals surface area contributed by atoms with E-state index >= 15 is 0 Å². The maximum atomic E-state index is 12.5. The number of carbonyl (C=O) groups excluding carboxylic acids is 1. The first-order chi connectivity index (χ1) is 11.1. The molecule has 0 amide bonds. The van der Waals surface area contributed by atoms with Gasteiger partial charge in [0, 0.05) is 42.3 Å². The quantitative estimate of drug-likeness (QED) is 0.781. The molecule has 0 aliphatic carbocycles. The highest BCUT2D eigenvalue weighted by Crippen LogP contribution is 2.26. The second-order valence-electron chi connectivity index (χ2n) is 6.50. The zero-order chi connectivity index (χ0) is 16.2. The van der Waals surface area contributed by atoms with Gasteiger partial charge in [0.15, 0.2) is 5.78 Å². The topological polar surface area (TPSA) is 46.1 Å². The van der Waals surface area contributed by atoms with E-state index in [4.69, 9.17) is 0 Å². The van der Waals surface area contributed by atoms with E-state index in [1.807, 2.05) is 17.5 Å². The monoisotopic (exact) mass is 329 g/mol. The van der Waals surface area contributed by atoms with Crippen LogP contribution in [0.3, 0.4) is 0 Å². The summed E-state index contributed by atoms with van der Waals surface area (Å²) in [5.74, 6) is 0.634. The Morgan fingerprint density at radius 1 is 1.48 bits per heavy atom. The number of nitrogens with zero attached hydrogens (tertiary/aromatic N) is 3. The number of aromatic nitrogens is 2. The van der Waals surface area contributed by atoms with E-state index in [0.29, 0.717) is 24.1 Å². The highest BCUT2D eigenvalue weighted by atomic mass is 32.1. The number of hydrogen-bond donors (Lipinski definition) is 0. The summed E-state index contributed by atoms with van der Waals surface area (Å²) in [7, 11) is 0. The number of hydrogen-bond acceptors (Lipinski definition) is 5. The molecular weight excluding hydrogens is 306 g/mol. The lowest BCUT2D eigenvalue weighted by Crippen LogP contribution is -2.40. The van der Waals surface area contributed by atoms with Crippen molar-refractivity contribution in [1.29, 1.82) is 0 Å². The highest BCUT2D eigenvalue weighted by molar-refractivity contribution is 7.13. The Balaban J connectivity index is 1.64. The van der Waals surface area contributed by atoms with Gasteiger partial charge < -0.3 is 4.90 Å². The summed E-state index contributed by atoms with van der Waals surface area (Å²) >= 11 is 1.52. The molecule has 2 aromatic rings. The predicted octanol–water partition coefficient (Wildman–Crippen LogP) is 3.90. The van der Waals surface area contributed by atoms with E-state index in [9.17, 15) is 4.79 Å². The van der Waals surface area contributed by atoms with Crippen molar-refractivity contribution in [1.82, 2.24) is 14.9 Å². The minimum absolute atomic E-state index is 0.173. The van der Waals surface area contributed by atoms with Crippen molar-refractivity contribution in [2.75, 3.05) is 13.1 Å². The van der Waals surface area contributed by atoms with Gasteiger partial charge >= 0.3 is 0 Å². The molecule has 1 aliphatic rings. The number of rotatable bonds is 5. The van der Waals surface area contributed by atoms with Gasteiger partial charge in [-0.1, -0.05) is 0 Å². The summed E-state index contributed by atoms with van der Waals surface area (Å²) in [5, 5.41) is 2.75. The number of ketones is 1. The molecule has 3 rings (SSSR count). The smallest absolute Gasteiger partial charge is 0.182 e. The molecule has 0 radical (unpaired) electrons. The fourth-order valence-electron chi connectivity index (χ4n) is 3.12. The summed E-state index contributed by atoms with van der Waals surface area (Å²) in [6.45, 7) is 6.64. The Hall–Kier alpha value is -1.59. The molecule has 0 aromatic carbocycles. The van der Waals surface area contributed by atoms with Gasteiger partial charge in [-0.3, -0.25) is 9.78 Å². The third-order valence-electron chi connectivity index (χ3n) is 4.45. The van der Waals surface area contributed by atoms with E-state index in [1.54, 1.807) is 12.4 Å². The zero-order valence-corrected chi connectivity index (χ0v) is 14.6. The zero-order valence-electron chi connectivity index (χ0n) is 13.7. The molecule has 1 atom stereocenters. The molecule has 2 aromatic heterocycles. The molecule has 0 N–H and O–H groups in total. The average molecular weight is 329 g/mol. The van der Waals surface area contributed by atoms with Crippen molar-refractivity contribution in [2.24, 2.45) is 5.92 Å². The maximum absolute atomic E-state index is 12.5. The van der Waals surface area contributed by atoms with Gasteiger partial charge in [0.25, 0.3) is 0 Å². The lowest BCUT2D eigenvalue weighted by Gasteiger charge is -2.35. The standard InChI is InChI=1S/C18H23N3OS/c1-13(2)21-8-4-5-14(11-21)9-17(22)16-12-23-18(20-16)15-6-3-7-19-10-15/h3,6-7,10,12-14H,4-5,8-9,11H2,1-2H3/t14-/m0/s1. The summed E-state index contributed by atoms with van der Waals surface area (Å²) < 4.78 is 0. The minimum atomic E-state index is 0.173. The number of piperidine rings is 1. The molecule has 0 bridgehead atoms.